The summed E-state index contributed by atoms with van der Waals surface area (Å²) in [4.78, 5) is 22.2. The molecule has 120 valence electrons. The zero-order valence-corrected chi connectivity index (χ0v) is 13.0. The van der Waals surface area contributed by atoms with Gasteiger partial charge < -0.3 is 19.9 Å². The fourth-order valence-corrected chi connectivity index (χ4v) is 1.87. The van der Waals surface area contributed by atoms with E-state index in [2.05, 4.69) is 5.32 Å². The van der Waals surface area contributed by atoms with Gasteiger partial charge in [-0.15, -0.1) is 0 Å². The van der Waals surface area contributed by atoms with Gasteiger partial charge in [-0.05, 0) is 31.5 Å². The molecule has 0 radical (unpaired) electrons. The lowest BCUT2D eigenvalue weighted by Gasteiger charge is -2.14. The van der Waals surface area contributed by atoms with Gasteiger partial charge in [0.05, 0.1) is 13.5 Å². The lowest BCUT2D eigenvalue weighted by molar-refractivity contribution is -0.137. The number of carbonyl (C=O) groups is 2. The number of amides is 1. The summed E-state index contributed by atoms with van der Waals surface area (Å²) in [5.74, 6) is -0.359. The van der Waals surface area contributed by atoms with Gasteiger partial charge in [-0.1, -0.05) is 18.2 Å². The summed E-state index contributed by atoms with van der Waals surface area (Å²) in [7, 11) is 1.52. The minimum atomic E-state index is -0.963. The Morgan fingerprint density at radius 1 is 1.36 bits per heavy atom. The lowest BCUT2D eigenvalue weighted by Crippen LogP contribution is -2.37. The first-order valence-electron chi connectivity index (χ1n) is 6.91. The summed E-state index contributed by atoms with van der Waals surface area (Å²) in [5.41, 5.74) is 0.964. The van der Waals surface area contributed by atoms with Crippen LogP contribution >= 0.6 is 0 Å². The standard InChI is InChI=1S/C16H21NO5/c1-4-5-12-6-7-13(14(9-12)21-3)22-10-15(18)17-11(2)8-16(19)20/h4-7,9,11H,8,10H2,1-3H3,(H,17,18)(H,19,20)/b5-4+. The molecule has 0 fully saturated rings. The Balaban J connectivity index is 2.60. The Morgan fingerprint density at radius 2 is 2.09 bits per heavy atom. The van der Waals surface area contributed by atoms with Gasteiger partial charge in [0.2, 0.25) is 0 Å². The number of rotatable bonds is 8. The fourth-order valence-electron chi connectivity index (χ4n) is 1.87. The molecule has 0 heterocycles. The van der Waals surface area contributed by atoms with Gasteiger partial charge in [0.25, 0.3) is 5.91 Å². The molecular formula is C16H21NO5. The monoisotopic (exact) mass is 307 g/mol. The minimum Gasteiger partial charge on any atom is -0.493 e. The molecule has 0 aliphatic heterocycles. The van der Waals surface area contributed by atoms with Crippen molar-refractivity contribution in [2.24, 2.45) is 0 Å². The Bertz CT molecular complexity index is 553. The quantitative estimate of drug-likeness (QED) is 0.768. The first-order valence-corrected chi connectivity index (χ1v) is 6.91. The van der Waals surface area contributed by atoms with Gasteiger partial charge in [0.15, 0.2) is 18.1 Å². The molecule has 1 atom stereocenters. The summed E-state index contributed by atoms with van der Waals surface area (Å²) in [5, 5.41) is 11.2. The molecule has 6 nitrogen and oxygen atoms in total. The number of nitrogens with one attached hydrogen (secondary N) is 1. The van der Waals surface area contributed by atoms with E-state index in [9.17, 15) is 9.59 Å². The van der Waals surface area contributed by atoms with Crippen LogP contribution in [0.5, 0.6) is 11.5 Å². The zero-order valence-electron chi connectivity index (χ0n) is 13.0. The summed E-state index contributed by atoms with van der Waals surface area (Å²) in [6.07, 6.45) is 3.70. The Hall–Kier alpha value is -2.50. The van der Waals surface area contributed by atoms with Gasteiger partial charge in [0, 0.05) is 6.04 Å². The number of carboxylic acid groups (broad SMARTS) is 1. The number of carboxylic acids is 1. The molecule has 0 aliphatic rings. The normalized spacial score (nSPS) is 12.0. The predicted octanol–water partition coefficient (Wildman–Crippen LogP) is 2.09. The van der Waals surface area contributed by atoms with Crippen molar-refractivity contribution in [3.63, 3.8) is 0 Å². The Morgan fingerprint density at radius 3 is 2.68 bits per heavy atom. The molecule has 22 heavy (non-hydrogen) atoms. The molecule has 0 aliphatic carbocycles. The number of aliphatic carboxylic acids is 1. The number of hydrogen-bond donors (Lipinski definition) is 2. The highest BCUT2D eigenvalue weighted by atomic mass is 16.5. The Kier molecular flexibility index (Phi) is 6.95. The smallest absolute Gasteiger partial charge is 0.305 e. The van der Waals surface area contributed by atoms with Gasteiger partial charge in [-0.2, -0.15) is 0 Å². The van der Waals surface area contributed by atoms with Gasteiger partial charge >= 0.3 is 5.97 Å². The van der Waals surface area contributed by atoms with Crippen molar-refractivity contribution in [2.75, 3.05) is 13.7 Å². The SMILES string of the molecule is C/C=C/c1ccc(OCC(=O)NC(C)CC(=O)O)c(OC)c1. The number of allylic oxidation sites excluding steroid dienone is 1. The van der Waals surface area contributed by atoms with E-state index >= 15 is 0 Å². The van der Waals surface area contributed by atoms with E-state index in [4.69, 9.17) is 14.6 Å². The van der Waals surface area contributed by atoms with Gasteiger partial charge in [-0.25, -0.2) is 0 Å². The van der Waals surface area contributed by atoms with Crippen LogP contribution in [0.25, 0.3) is 6.08 Å². The van der Waals surface area contributed by atoms with E-state index in [0.717, 1.165) is 5.56 Å². The third-order valence-electron chi connectivity index (χ3n) is 2.79. The van der Waals surface area contributed by atoms with Crippen LogP contribution in [0.1, 0.15) is 25.8 Å². The fraction of sp³-hybridized carbons (Fsp3) is 0.375. The van der Waals surface area contributed by atoms with Crippen LogP contribution in [0, 0.1) is 0 Å². The number of methoxy groups -OCH3 is 1. The van der Waals surface area contributed by atoms with Crippen LogP contribution in [-0.4, -0.2) is 36.7 Å². The highest BCUT2D eigenvalue weighted by molar-refractivity contribution is 5.78. The van der Waals surface area contributed by atoms with Crippen LogP contribution in [0.3, 0.4) is 0 Å². The van der Waals surface area contributed by atoms with Crippen LogP contribution in [-0.2, 0) is 9.59 Å². The summed E-state index contributed by atoms with van der Waals surface area (Å²) in [6.45, 7) is 3.33. The Labute approximate surface area is 129 Å². The van der Waals surface area contributed by atoms with Gasteiger partial charge in [-0.3, -0.25) is 9.59 Å². The van der Waals surface area contributed by atoms with E-state index in [-0.39, 0.29) is 18.9 Å². The molecule has 0 saturated heterocycles. The summed E-state index contributed by atoms with van der Waals surface area (Å²) < 4.78 is 10.7. The molecule has 0 spiro atoms. The molecule has 1 rings (SSSR count). The van der Waals surface area contributed by atoms with Crippen LogP contribution < -0.4 is 14.8 Å². The number of ether oxygens (including phenoxy) is 2. The van der Waals surface area contributed by atoms with Crippen molar-refractivity contribution in [1.29, 1.82) is 0 Å². The lowest BCUT2D eigenvalue weighted by atomic mass is 10.2. The average Bonchev–Trinajstić information content (AvgIpc) is 2.45. The predicted molar refractivity (Wildman–Crippen MR) is 83.1 cm³/mol. The largest absolute Gasteiger partial charge is 0.493 e. The molecule has 6 heteroatoms. The molecule has 1 unspecified atom stereocenters. The highest BCUT2D eigenvalue weighted by Gasteiger charge is 2.12. The van der Waals surface area contributed by atoms with Crippen molar-refractivity contribution in [2.45, 2.75) is 26.3 Å². The molecular weight excluding hydrogens is 286 g/mol. The zero-order chi connectivity index (χ0) is 16.5. The molecule has 2 N–H and O–H groups in total. The molecule has 0 aromatic heterocycles. The second kappa shape index (κ2) is 8.71. The van der Waals surface area contributed by atoms with Crippen molar-refractivity contribution in [1.82, 2.24) is 5.32 Å². The molecule has 0 bridgehead atoms. The van der Waals surface area contributed by atoms with E-state index in [1.54, 1.807) is 19.1 Å². The molecule has 1 aromatic carbocycles. The van der Waals surface area contributed by atoms with Gasteiger partial charge in [0.1, 0.15) is 0 Å². The number of carbonyl (C=O) groups excluding carboxylic acids is 1. The third-order valence-corrected chi connectivity index (χ3v) is 2.79. The van der Waals surface area contributed by atoms with E-state index < -0.39 is 12.0 Å². The van der Waals surface area contributed by atoms with Crippen molar-refractivity contribution >= 4 is 18.0 Å². The topological polar surface area (TPSA) is 84.9 Å². The van der Waals surface area contributed by atoms with E-state index in [1.165, 1.54) is 7.11 Å². The van der Waals surface area contributed by atoms with Crippen LogP contribution in [0.4, 0.5) is 0 Å². The van der Waals surface area contributed by atoms with E-state index in [0.29, 0.717) is 11.5 Å². The molecule has 1 aromatic rings. The minimum absolute atomic E-state index is 0.132. The summed E-state index contributed by atoms with van der Waals surface area (Å²) in [6, 6.07) is 4.93. The van der Waals surface area contributed by atoms with Crippen molar-refractivity contribution < 1.29 is 24.2 Å². The van der Waals surface area contributed by atoms with Crippen LogP contribution in [0.15, 0.2) is 24.3 Å². The number of hydrogen-bond acceptors (Lipinski definition) is 4. The third kappa shape index (κ3) is 5.87. The van der Waals surface area contributed by atoms with Crippen molar-refractivity contribution in [3.05, 3.63) is 29.8 Å². The second-order valence-electron chi connectivity index (χ2n) is 4.77. The highest BCUT2D eigenvalue weighted by Crippen LogP contribution is 2.28. The molecule has 0 saturated carbocycles. The first kappa shape index (κ1) is 17.6. The van der Waals surface area contributed by atoms with Crippen LogP contribution in [0.2, 0.25) is 0 Å². The summed E-state index contributed by atoms with van der Waals surface area (Å²) >= 11 is 0. The maximum atomic E-state index is 11.7. The number of benzene rings is 1. The second-order valence-corrected chi connectivity index (χ2v) is 4.77. The first-order chi connectivity index (χ1) is 10.5. The maximum Gasteiger partial charge on any atom is 0.305 e. The maximum absolute atomic E-state index is 11.7. The van der Waals surface area contributed by atoms with Crippen molar-refractivity contribution in [3.8, 4) is 11.5 Å². The molecule has 1 amide bonds. The average molecular weight is 307 g/mol. The van der Waals surface area contributed by atoms with E-state index in [1.807, 2.05) is 25.1 Å².